The van der Waals surface area contributed by atoms with Gasteiger partial charge in [-0.1, -0.05) is 0 Å². The summed E-state index contributed by atoms with van der Waals surface area (Å²) in [5.41, 5.74) is 1.60. The smallest absolute Gasteiger partial charge is 0.165 e. The van der Waals surface area contributed by atoms with E-state index in [1.54, 1.807) is 7.11 Å². The number of ether oxygens (including phenoxy) is 2. The van der Waals surface area contributed by atoms with E-state index in [2.05, 4.69) is 5.32 Å². The fraction of sp³-hybridized carbons (Fsp3) is 0.455. The standard InChI is InChI=1S/C11H16FNO2/c1-13-6-8-4-9(7-14-2)11(15-3)10(12)5-8/h4-5,13H,6-7H2,1-3H3. The van der Waals surface area contributed by atoms with E-state index in [9.17, 15) is 4.39 Å². The van der Waals surface area contributed by atoms with Crippen molar-refractivity contribution in [3.8, 4) is 5.75 Å². The number of hydrogen-bond acceptors (Lipinski definition) is 3. The second-order valence-corrected chi connectivity index (χ2v) is 3.23. The molecule has 0 saturated heterocycles. The van der Waals surface area contributed by atoms with Crippen LogP contribution in [0.1, 0.15) is 11.1 Å². The normalized spacial score (nSPS) is 10.4. The Morgan fingerprint density at radius 3 is 2.60 bits per heavy atom. The van der Waals surface area contributed by atoms with Crippen LogP contribution in [-0.2, 0) is 17.9 Å². The molecule has 0 amide bonds. The molecule has 4 heteroatoms. The molecule has 84 valence electrons. The summed E-state index contributed by atoms with van der Waals surface area (Å²) >= 11 is 0. The molecule has 0 aromatic heterocycles. The molecule has 1 aromatic rings. The monoisotopic (exact) mass is 213 g/mol. The Hall–Kier alpha value is -1.13. The first-order chi connectivity index (χ1) is 7.22. The molecule has 0 fully saturated rings. The molecule has 0 heterocycles. The number of hydrogen-bond donors (Lipinski definition) is 1. The van der Waals surface area contributed by atoms with Crippen LogP contribution in [0.15, 0.2) is 12.1 Å². The summed E-state index contributed by atoms with van der Waals surface area (Å²) in [5.74, 6) is -0.0889. The third-order valence-electron chi connectivity index (χ3n) is 2.07. The first-order valence-corrected chi connectivity index (χ1v) is 4.71. The zero-order valence-corrected chi connectivity index (χ0v) is 9.26. The minimum absolute atomic E-state index is 0.261. The highest BCUT2D eigenvalue weighted by Gasteiger charge is 2.10. The summed E-state index contributed by atoms with van der Waals surface area (Å²) in [7, 11) is 4.84. The molecule has 0 saturated carbocycles. The van der Waals surface area contributed by atoms with E-state index in [0.717, 1.165) is 11.1 Å². The van der Waals surface area contributed by atoms with E-state index in [4.69, 9.17) is 9.47 Å². The fourth-order valence-corrected chi connectivity index (χ4v) is 1.51. The first-order valence-electron chi connectivity index (χ1n) is 4.71. The van der Waals surface area contributed by atoms with Gasteiger partial charge in [0.15, 0.2) is 11.6 Å². The van der Waals surface area contributed by atoms with Crippen LogP contribution in [-0.4, -0.2) is 21.3 Å². The second kappa shape index (κ2) is 5.68. The van der Waals surface area contributed by atoms with Gasteiger partial charge in [-0.3, -0.25) is 0 Å². The Kier molecular flexibility index (Phi) is 4.52. The lowest BCUT2D eigenvalue weighted by Crippen LogP contribution is -2.07. The van der Waals surface area contributed by atoms with Crippen molar-refractivity contribution in [3.05, 3.63) is 29.1 Å². The minimum atomic E-state index is -0.350. The minimum Gasteiger partial charge on any atom is -0.493 e. The number of methoxy groups -OCH3 is 2. The second-order valence-electron chi connectivity index (χ2n) is 3.23. The van der Waals surface area contributed by atoms with E-state index >= 15 is 0 Å². The van der Waals surface area contributed by atoms with Crippen LogP contribution >= 0.6 is 0 Å². The Labute approximate surface area is 89.2 Å². The van der Waals surface area contributed by atoms with Crippen molar-refractivity contribution in [3.63, 3.8) is 0 Å². The maximum absolute atomic E-state index is 13.5. The Balaban J connectivity index is 3.07. The van der Waals surface area contributed by atoms with Crippen LogP contribution in [0.25, 0.3) is 0 Å². The molecule has 0 aliphatic heterocycles. The zero-order chi connectivity index (χ0) is 11.3. The maximum atomic E-state index is 13.5. The molecular formula is C11H16FNO2. The molecule has 0 aliphatic carbocycles. The van der Waals surface area contributed by atoms with Gasteiger partial charge in [-0.25, -0.2) is 4.39 Å². The van der Waals surface area contributed by atoms with Gasteiger partial charge in [0, 0.05) is 19.2 Å². The van der Waals surface area contributed by atoms with Gasteiger partial charge < -0.3 is 14.8 Å². The van der Waals surface area contributed by atoms with Crippen LogP contribution in [0.5, 0.6) is 5.75 Å². The molecule has 1 N–H and O–H groups in total. The van der Waals surface area contributed by atoms with Crippen LogP contribution < -0.4 is 10.1 Å². The molecule has 1 rings (SSSR count). The van der Waals surface area contributed by atoms with Crippen molar-refractivity contribution in [2.75, 3.05) is 21.3 Å². The van der Waals surface area contributed by atoms with Crippen molar-refractivity contribution >= 4 is 0 Å². The van der Waals surface area contributed by atoms with E-state index < -0.39 is 0 Å². The van der Waals surface area contributed by atoms with E-state index in [1.165, 1.54) is 13.2 Å². The van der Waals surface area contributed by atoms with Gasteiger partial charge >= 0.3 is 0 Å². The van der Waals surface area contributed by atoms with Gasteiger partial charge in [0.1, 0.15) is 0 Å². The summed E-state index contributed by atoms with van der Waals surface area (Å²) in [6, 6.07) is 3.34. The van der Waals surface area contributed by atoms with E-state index in [0.29, 0.717) is 13.2 Å². The molecule has 1 aromatic carbocycles. The van der Waals surface area contributed by atoms with Crippen molar-refractivity contribution in [2.24, 2.45) is 0 Å². The number of benzene rings is 1. The van der Waals surface area contributed by atoms with E-state index in [-0.39, 0.29) is 11.6 Å². The van der Waals surface area contributed by atoms with Gasteiger partial charge in [0.2, 0.25) is 0 Å². The fourth-order valence-electron chi connectivity index (χ4n) is 1.51. The predicted molar refractivity (Wildman–Crippen MR) is 56.4 cm³/mol. The van der Waals surface area contributed by atoms with Gasteiger partial charge in [0.05, 0.1) is 13.7 Å². The molecule has 0 unspecified atom stereocenters. The van der Waals surface area contributed by atoms with Crippen LogP contribution in [0.4, 0.5) is 4.39 Å². The van der Waals surface area contributed by atoms with Crippen molar-refractivity contribution in [1.82, 2.24) is 5.32 Å². The molecule has 0 aliphatic rings. The Morgan fingerprint density at radius 1 is 1.33 bits per heavy atom. The number of halogens is 1. The number of nitrogens with one attached hydrogen (secondary N) is 1. The molecule has 0 spiro atoms. The number of rotatable bonds is 5. The summed E-state index contributed by atoms with van der Waals surface area (Å²) in [5, 5.41) is 2.97. The molecule has 0 bridgehead atoms. The summed E-state index contributed by atoms with van der Waals surface area (Å²) in [6.45, 7) is 0.968. The Morgan fingerprint density at radius 2 is 2.07 bits per heavy atom. The van der Waals surface area contributed by atoms with Crippen molar-refractivity contribution in [2.45, 2.75) is 13.2 Å². The zero-order valence-electron chi connectivity index (χ0n) is 9.26. The molecule has 15 heavy (non-hydrogen) atoms. The lowest BCUT2D eigenvalue weighted by atomic mass is 10.1. The Bertz CT molecular complexity index is 329. The third-order valence-corrected chi connectivity index (χ3v) is 2.07. The molecule has 0 atom stereocenters. The third kappa shape index (κ3) is 2.91. The summed E-state index contributed by atoms with van der Waals surface area (Å²) in [4.78, 5) is 0. The quantitative estimate of drug-likeness (QED) is 0.807. The molecular weight excluding hydrogens is 197 g/mol. The van der Waals surface area contributed by atoms with Gasteiger partial charge in [-0.2, -0.15) is 0 Å². The molecule has 0 radical (unpaired) electrons. The largest absolute Gasteiger partial charge is 0.493 e. The van der Waals surface area contributed by atoms with Crippen LogP contribution in [0.2, 0.25) is 0 Å². The average molecular weight is 213 g/mol. The van der Waals surface area contributed by atoms with Gasteiger partial charge in [0.25, 0.3) is 0 Å². The average Bonchev–Trinajstić information content (AvgIpc) is 2.18. The topological polar surface area (TPSA) is 30.5 Å². The lowest BCUT2D eigenvalue weighted by Gasteiger charge is -2.11. The van der Waals surface area contributed by atoms with Gasteiger partial charge in [-0.05, 0) is 24.7 Å². The molecule has 3 nitrogen and oxygen atoms in total. The van der Waals surface area contributed by atoms with Crippen molar-refractivity contribution in [1.29, 1.82) is 0 Å². The first kappa shape index (κ1) is 11.9. The summed E-state index contributed by atoms with van der Waals surface area (Å²) < 4.78 is 23.5. The van der Waals surface area contributed by atoms with Crippen molar-refractivity contribution < 1.29 is 13.9 Å². The SMILES string of the molecule is CNCc1cc(F)c(OC)c(COC)c1. The van der Waals surface area contributed by atoms with Gasteiger partial charge in [-0.15, -0.1) is 0 Å². The highest BCUT2D eigenvalue weighted by molar-refractivity contribution is 5.38. The van der Waals surface area contributed by atoms with Crippen LogP contribution in [0, 0.1) is 5.82 Å². The lowest BCUT2D eigenvalue weighted by molar-refractivity contribution is 0.180. The van der Waals surface area contributed by atoms with Crippen LogP contribution in [0.3, 0.4) is 0 Å². The maximum Gasteiger partial charge on any atom is 0.165 e. The predicted octanol–water partition coefficient (Wildman–Crippen LogP) is 1.70. The van der Waals surface area contributed by atoms with E-state index in [1.807, 2.05) is 13.1 Å². The highest BCUT2D eigenvalue weighted by atomic mass is 19.1. The summed E-state index contributed by atoms with van der Waals surface area (Å²) in [6.07, 6.45) is 0. The highest BCUT2D eigenvalue weighted by Crippen LogP contribution is 2.25.